The molecule has 20 nitrogen and oxygen atoms in total. The number of ketones is 2. The molecule has 0 aromatic rings. The Labute approximate surface area is 335 Å². The molecule has 7 rings (SSSR count). The van der Waals surface area contributed by atoms with Gasteiger partial charge in [-0.05, 0) is 64.7 Å². The first kappa shape index (κ1) is 41.6. The molecular formula is C38H54N6O14. The van der Waals surface area contributed by atoms with Crippen LogP contribution in [0.25, 0.3) is 0 Å². The minimum absolute atomic E-state index is 0.0408. The minimum Gasteiger partial charge on any atom is -0.380 e. The fraction of sp³-hybridized carbons (Fsp3) is 0.789. The van der Waals surface area contributed by atoms with Crippen molar-refractivity contribution in [2.24, 2.45) is 23.3 Å². The molecule has 4 saturated heterocycles. The highest BCUT2D eigenvalue weighted by molar-refractivity contribution is 6.12. The molecule has 7 fully saturated rings. The fourth-order valence-electron chi connectivity index (χ4n) is 10.6. The van der Waals surface area contributed by atoms with Crippen molar-refractivity contribution < 1.29 is 67.2 Å². The lowest BCUT2D eigenvalue weighted by Crippen LogP contribution is -2.79. The third-order valence-corrected chi connectivity index (χ3v) is 13.8. The third-order valence-electron chi connectivity index (χ3n) is 13.8. The maximum absolute atomic E-state index is 15.2. The number of hydrogen-bond donors (Lipinski definition) is 3. The molecule has 4 unspecified atom stereocenters. The number of amides is 3. The van der Waals surface area contributed by atoms with Crippen LogP contribution in [0.5, 0.6) is 0 Å². The van der Waals surface area contributed by atoms with Crippen LogP contribution in [-0.2, 0) is 52.8 Å². The highest BCUT2D eigenvalue weighted by atomic mass is 17.2. The van der Waals surface area contributed by atoms with E-state index in [2.05, 4.69) is 5.32 Å². The van der Waals surface area contributed by atoms with Crippen molar-refractivity contribution in [3.05, 3.63) is 0 Å². The molecule has 7 aliphatic rings. The molecule has 3 amide bonds. The van der Waals surface area contributed by atoms with Gasteiger partial charge in [0.2, 0.25) is 0 Å². The molecule has 3 bridgehead atoms. The quantitative estimate of drug-likeness (QED) is 0.156. The molecule has 20 heteroatoms. The number of rotatable bonds is 2. The Kier molecular flexibility index (Phi) is 10.9. The summed E-state index contributed by atoms with van der Waals surface area (Å²) >= 11 is 0. The summed E-state index contributed by atoms with van der Waals surface area (Å²) in [5.74, 6) is -12.2. The molecule has 0 aromatic carbocycles. The summed E-state index contributed by atoms with van der Waals surface area (Å²) in [6, 6.07) is -0.942. The Morgan fingerprint density at radius 2 is 1.34 bits per heavy atom. The average Bonchev–Trinajstić information content (AvgIpc) is 3.54. The molecule has 0 aromatic heterocycles. The third kappa shape index (κ3) is 6.45. The highest BCUT2D eigenvalue weighted by Gasteiger charge is 2.74. The van der Waals surface area contributed by atoms with E-state index in [1.807, 2.05) is 0 Å². The molecule has 5 N–H and O–H groups in total. The number of carbonyl (C=O) groups excluding carboxylic acids is 8. The number of fused-ring (bicyclic) bond motifs is 3. The fourth-order valence-corrected chi connectivity index (χ4v) is 10.6. The summed E-state index contributed by atoms with van der Waals surface area (Å²) in [6.45, 7) is 3.84. The van der Waals surface area contributed by atoms with Crippen LogP contribution < -0.4 is 16.8 Å². The van der Waals surface area contributed by atoms with Gasteiger partial charge in [-0.25, -0.2) is 43.6 Å². The predicted octanol–water partition coefficient (Wildman–Crippen LogP) is 2.69. The second-order valence-electron chi connectivity index (χ2n) is 17.3. The number of hydroxylamine groups is 2. The van der Waals surface area contributed by atoms with Gasteiger partial charge in [-0.1, -0.05) is 58.3 Å². The monoisotopic (exact) mass is 818 g/mol. The van der Waals surface area contributed by atoms with E-state index in [9.17, 15) is 33.6 Å². The average molecular weight is 819 g/mol. The Balaban J connectivity index is 1.45. The molecule has 3 spiro atoms. The maximum atomic E-state index is 15.2. The van der Waals surface area contributed by atoms with E-state index in [4.69, 9.17) is 40.3 Å². The molecule has 320 valence electrons. The van der Waals surface area contributed by atoms with Crippen molar-refractivity contribution in [2.45, 2.75) is 170 Å². The number of esters is 3. The molecule has 3 saturated carbocycles. The number of Topliss-reactive ketones (excluding diaryl/α,β-unsaturated/α-hetero) is 2. The lowest BCUT2D eigenvalue weighted by Gasteiger charge is -2.57. The van der Waals surface area contributed by atoms with Crippen molar-refractivity contribution in [1.82, 2.24) is 20.4 Å². The molecular weight excluding hydrogens is 764 g/mol. The van der Waals surface area contributed by atoms with Gasteiger partial charge in [0.25, 0.3) is 5.78 Å². The minimum atomic E-state index is -3.43. The van der Waals surface area contributed by atoms with Crippen LogP contribution in [0.2, 0.25) is 0 Å². The summed E-state index contributed by atoms with van der Waals surface area (Å²) in [6.07, 6.45) is 2.06. The van der Waals surface area contributed by atoms with Gasteiger partial charge in [-0.15, -0.1) is 5.06 Å². The molecule has 3 aliphatic carbocycles. The first-order valence-electron chi connectivity index (χ1n) is 20.6. The van der Waals surface area contributed by atoms with Gasteiger partial charge in [0, 0.05) is 31.3 Å². The molecule has 7 atom stereocenters. The van der Waals surface area contributed by atoms with E-state index in [1.165, 1.54) is 11.9 Å². The van der Waals surface area contributed by atoms with E-state index in [0.29, 0.717) is 50.0 Å². The normalized spacial score (nSPS) is 38.2. The number of hydrogen-bond acceptors (Lipinski definition) is 17. The number of ether oxygens (including phenoxy) is 3. The molecule has 0 radical (unpaired) electrons. The summed E-state index contributed by atoms with van der Waals surface area (Å²) in [7, 11) is 0. The lowest BCUT2D eigenvalue weighted by atomic mass is 9.57. The van der Waals surface area contributed by atoms with E-state index in [-0.39, 0.29) is 38.3 Å². The second kappa shape index (κ2) is 15.2. The van der Waals surface area contributed by atoms with Crippen molar-refractivity contribution in [3.63, 3.8) is 0 Å². The lowest BCUT2D eigenvalue weighted by molar-refractivity contribution is -0.318. The van der Waals surface area contributed by atoms with Gasteiger partial charge in [-0.2, -0.15) is 5.01 Å². The van der Waals surface area contributed by atoms with Gasteiger partial charge in [0.1, 0.15) is 16.6 Å². The second-order valence-corrected chi connectivity index (χ2v) is 17.3. The van der Waals surface area contributed by atoms with Crippen molar-refractivity contribution in [1.29, 1.82) is 0 Å². The van der Waals surface area contributed by atoms with Gasteiger partial charge in [-0.3, -0.25) is 9.59 Å². The van der Waals surface area contributed by atoms with Crippen LogP contribution >= 0.6 is 0 Å². The van der Waals surface area contributed by atoms with E-state index in [0.717, 1.165) is 37.6 Å². The van der Waals surface area contributed by atoms with Crippen LogP contribution in [0.15, 0.2) is 0 Å². The molecule has 58 heavy (non-hydrogen) atoms. The summed E-state index contributed by atoms with van der Waals surface area (Å²) in [5, 5.41) is 5.39. The largest absolute Gasteiger partial charge is 0.488 e. The van der Waals surface area contributed by atoms with E-state index < -0.39 is 107 Å². The van der Waals surface area contributed by atoms with E-state index in [1.54, 1.807) is 6.92 Å². The van der Waals surface area contributed by atoms with E-state index >= 15 is 4.79 Å². The van der Waals surface area contributed by atoms with Crippen LogP contribution in [0.1, 0.15) is 130 Å². The first-order valence-corrected chi connectivity index (χ1v) is 20.6. The number of nitrogens with two attached hydrogens (primary N) is 2. The molecule has 4 aliphatic heterocycles. The number of nitrogens with zero attached hydrogens (tertiary/aromatic N) is 3. The van der Waals surface area contributed by atoms with Crippen molar-refractivity contribution in [2.75, 3.05) is 6.54 Å². The van der Waals surface area contributed by atoms with Gasteiger partial charge < -0.3 is 35.8 Å². The SMILES string of the molecule is CC1CCN2N(C3CCCCC3)C(=O)ON(C(=O)OOC(=O)NC3CCCCC3)C34CCCCC3[C@@](C)(N)C(=O)OC3(OC(=O)[C@]12C(=O)CCC3=O)OC(=O)[C@]4(C)N. The Morgan fingerprint density at radius 3 is 2.03 bits per heavy atom. The summed E-state index contributed by atoms with van der Waals surface area (Å²) < 4.78 is 17.2. The first-order chi connectivity index (χ1) is 27.4. The maximum Gasteiger partial charge on any atom is 0.488 e. The summed E-state index contributed by atoms with van der Waals surface area (Å²) in [4.78, 5) is 132. The van der Waals surface area contributed by atoms with Crippen LogP contribution in [-0.4, -0.2) is 110 Å². The zero-order chi connectivity index (χ0) is 41.8. The van der Waals surface area contributed by atoms with Crippen LogP contribution in [0, 0.1) is 11.8 Å². The number of carbonyl (C=O) groups is 8. The number of nitrogens with one attached hydrogen (secondary N) is 1. The van der Waals surface area contributed by atoms with Gasteiger partial charge >= 0.3 is 42.2 Å². The van der Waals surface area contributed by atoms with Gasteiger partial charge in [0.15, 0.2) is 11.3 Å². The summed E-state index contributed by atoms with van der Waals surface area (Å²) in [5.41, 5.74) is 4.28. The molecule has 4 heterocycles. The number of hydrazine groups is 1. The van der Waals surface area contributed by atoms with Crippen molar-refractivity contribution >= 4 is 47.8 Å². The Bertz CT molecular complexity index is 1740. The Morgan fingerprint density at radius 1 is 0.741 bits per heavy atom. The van der Waals surface area contributed by atoms with Crippen LogP contribution in [0.4, 0.5) is 14.4 Å². The topological polar surface area (TPSA) is 266 Å². The smallest absolute Gasteiger partial charge is 0.380 e. The zero-order valence-electron chi connectivity index (χ0n) is 33.2. The van der Waals surface area contributed by atoms with Crippen molar-refractivity contribution in [3.8, 4) is 0 Å². The standard InChI is InChI=1S/C38H54N6O14/c1-22-19-21-42-37(22)26(45)17-18-27(46)38(55-30(37)49)53-28(47)34(2,39)25-16-10-11-20-36(25,35(3,40)29(48)54-38)44(56-32(51)43(42)24-14-8-5-9-15-24)33(52)58-57-31(50)41-23-12-6-4-7-13-23/h22-25H,4-21,39-40H2,1-3H3,(H,41,50)/t22?,25?,34-,35+,36?,37-,38?/m1/s1. The zero-order valence-corrected chi connectivity index (χ0v) is 33.2. The highest BCUT2D eigenvalue weighted by Crippen LogP contribution is 2.53. The van der Waals surface area contributed by atoms with Gasteiger partial charge in [0.05, 0.1) is 6.04 Å². The predicted molar refractivity (Wildman–Crippen MR) is 193 cm³/mol. The van der Waals surface area contributed by atoms with Crippen LogP contribution in [0.3, 0.4) is 0 Å². The Hall–Kier alpha value is -4.56.